The predicted molar refractivity (Wildman–Crippen MR) is 87.9 cm³/mol. The van der Waals surface area contributed by atoms with Gasteiger partial charge < -0.3 is 15.5 Å². The van der Waals surface area contributed by atoms with Crippen molar-refractivity contribution < 1.29 is 0 Å². The molecule has 0 heterocycles. The Morgan fingerprint density at radius 1 is 1.21 bits per heavy atom. The van der Waals surface area contributed by atoms with Gasteiger partial charge in [-0.25, -0.2) is 0 Å². The first-order chi connectivity index (χ1) is 8.93. The van der Waals surface area contributed by atoms with Crippen LogP contribution in [0.5, 0.6) is 0 Å². The van der Waals surface area contributed by atoms with Gasteiger partial charge in [-0.05, 0) is 60.6 Å². The van der Waals surface area contributed by atoms with Crippen LogP contribution in [0.15, 0.2) is 22.7 Å². The van der Waals surface area contributed by atoms with E-state index in [1.54, 1.807) is 0 Å². The van der Waals surface area contributed by atoms with Crippen LogP contribution in [0.1, 0.15) is 18.9 Å². The monoisotopic (exact) mass is 327 g/mol. The Bertz CT molecular complexity index is 393. The van der Waals surface area contributed by atoms with E-state index in [0.717, 1.165) is 30.4 Å². The lowest BCUT2D eigenvalue weighted by Crippen LogP contribution is -2.28. The molecule has 3 nitrogen and oxygen atoms in total. The van der Waals surface area contributed by atoms with Crippen LogP contribution in [0.4, 0.5) is 5.69 Å². The van der Waals surface area contributed by atoms with Gasteiger partial charge in [-0.1, -0.05) is 13.0 Å². The molecule has 4 heteroatoms. The van der Waals surface area contributed by atoms with Crippen molar-refractivity contribution in [2.75, 3.05) is 39.1 Å². The Morgan fingerprint density at radius 2 is 1.89 bits per heavy atom. The average Bonchev–Trinajstić information content (AvgIpc) is 2.35. The van der Waals surface area contributed by atoms with Crippen molar-refractivity contribution in [1.82, 2.24) is 4.90 Å². The molecule has 0 amide bonds. The normalized spacial score (nSPS) is 12.8. The largest absolute Gasteiger partial charge is 0.372 e. The van der Waals surface area contributed by atoms with Crippen molar-refractivity contribution in [3.8, 4) is 0 Å². The predicted octanol–water partition coefficient (Wildman–Crippen LogP) is 2.73. The van der Waals surface area contributed by atoms with Crippen molar-refractivity contribution in [3.05, 3.63) is 28.2 Å². The van der Waals surface area contributed by atoms with Crippen molar-refractivity contribution in [3.63, 3.8) is 0 Å². The van der Waals surface area contributed by atoms with Crippen LogP contribution in [0.25, 0.3) is 0 Å². The fourth-order valence-electron chi connectivity index (χ4n) is 1.90. The summed E-state index contributed by atoms with van der Waals surface area (Å²) >= 11 is 3.67. The summed E-state index contributed by atoms with van der Waals surface area (Å²) in [6.45, 7) is 4.19. The number of hydrogen-bond donors (Lipinski definition) is 1. The van der Waals surface area contributed by atoms with Gasteiger partial charge in [0.25, 0.3) is 0 Å². The highest BCUT2D eigenvalue weighted by Crippen LogP contribution is 2.27. The summed E-state index contributed by atoms with van der Waals surface area (Å²) in [5.74, 6) is 0. The molecule has 0 bridgehead atoms. The van der Waals surface area contributed by atoms with E-state index in [0.29, 0.717) is 0 Å². The topological polar surface area (TPSA) is 32.5 Å². The zero-order chi connectivity index (χ0) is 14.4. The van der Waals surface area contributed by atoms with Crippen LogP contribution in [-0.2, 0) is 6.42 Å². The summed E-state index contributed by atoms with van der Waals surface area (Å²) < 4.78 is 1.15. The van der Waals surface area contributed by atoms with Gasteiger partial charge in [0.15, 0.2) is 0 Å². The summed E-state index contributed by atoms with van der Waals surface area (Å²) in [7, 11) is 6.32. The number of likely N-dealkylation sites (N-methyl/N-ethyl adjacent to an activating group) is 2. The second-order valence-electron chi connectivity index (χ2n) is 5.38. The maximum Gasteiger partial charge on any atom is 0.0508 e. The molecule has 0 radical (unpaired) electrons. The summed E-state index contributed by atoms with van der Waals surface area (Å²) in [5, 5.41) is 0. The van der Waals surface area contributed by atoms with E-state index in [1.165, 1.54) is 11.3 Å². The number of rotatable bonds is 7. The number of anilines is 1. The molecule has 0 fully saturated rings. The lowest BCUT2D eigenvalue weighted by Gasteiger charge is -2.23. The first-order valence-corrected chi connectivity index (χ1v) is 7.63. The third kappa shape index (κ3) is 5.51. The van der Waals surface area contributed by atoms with Gasteiger partial charge in [0, 0.05) is 30.7 Å². The second-order valence-corrected chi connectivity index (χ2v) is 6.24. The van der Waals surface area contributed by atoms with E-state index in [2.05, 4.69) is 72.0 Å². The molecule has 1 rings (SSSR count). The van der Waals surface area contributed by atoms with Gasteiger partial charge in [0.05, 0.1) is 5.69 Å². The molecule has 0 saturated carbocycles. The average molecular weight is 328 g/mol. The van der Waals surface area contributed by atoms with Crippen molar-refractivity contribution >= 4 is 21.6 Å². The molecule has 0 aliphatic heterocycles. The molecule has 0 spiro atoms. The molecule has 2 N–H and O–H groups in total. The van der Waals surface area contributed by atoms with Crippen LogP contribution >= 0.6 is 15.9 Å². The Hall–Kier alpha value is -0.580. The molecule has 19 heavy (non-hydrogen) atoms. The maximum atomic E-state index is 6.00. The number of halogens is 1. The highest BCUT2D eigenvalue weighted by atomic mass is 79.9. The van der Waals surface area contributed by atoms with Gasteiger partial charge >= 0.3 is 0 Å². The summed E-state index contributed by atoms with van der Waals surface area (Å²) in [6.07, 6.45) is 1.96. The summed E-state index contributed by atoms with van der Waals surface area (Å²) in [4.78, 5) is 4.46. The van der Waals surface area contributed by atoms with E-state index in [4.69, 9.17) is 5.73 Å². The van der Waals surface area contributed by atoms with Crippen LogP contribution in [0.2, 0.25) is 0 Å². The number of nitrogens with two attached hydrogens (primary N) is 1. The van der Waals surface area contributed by atoms with Gasteiger partial charge in [-0.2, -0.15) is 0 Å². The van der Waals surface area contributed by atoms with Gasteiger partial charge in [0.1, 0.15) is 0 Å². The number of hydrogen-bond acceptors (Lipinski definition) is 3. The SMILES string of the molecule is CCC(N)Cc1ccc(N(C)CCN(C)C)c(Br)c1. The molecule has 0 aliphatic carbocycles. The number of nitrogens with zero attached hydrogens (tertiary/aromatic N) is 2. The minimum atomic E-state index is 0.254. The standard InChI is InChI=1S/C15H26BrN3/c1-5-13(17)10-12-6-7-15(14(16)11-12)19(4)9-8-18(2)3/h6-7,11,13H,5,8-10,17H2,1-4H3. The second kappa shape index (κ2) is 7.88. The minimum absolute atomic E-state index is 0.254. The van der Waals surface area contributed by atoms with Gasteiger partial charge in [-0.3, -0.25) is 0 Å². The third-order valence-corrected chi connectivity index (χ3v) is 3.96. The molecule has 0 aliphatic rings. The fourth-order valence-corrected chi connectivity index (χ4v) is 2.63. The molecule has 1 aromatic carbocycles. The summed E-state index contributed by atoms with van der Waals surface area (Å²) in [5.41, 5.74) is 8.53. The van der Waals surface area contributed by atoms with Crippen LogP contribution < -0.4 is 10.6 Å². The Kier molecular flexibility index (Phi) is 6.83. The quantitative estimate of drug-likeness (QED) is 0.835. The van der Waals surface area contributed by atoms with Gasteiger partial charge in [0.2, 0.25) is 0 Å². The highest BCUT2D eigenvalue weighted by Gasteiger charge is 2.08. The lowest BCUT2D eigenvalue weighted by molar-refractivity contribution is 0.416. The molecular weight excluding hydrogens is 302 g/mol. The molecule has 1 aromatic rings. The first-order valence-electron chi connectivity index (χ1n) is 6.84. The molecule has 0 aromatic heterocycles. The van der Waals surface area contributed by atoms with E-state index >= 15 is 0 Å². The zero-order valence-electron chi connectivity index (χ0n) is 12.5. The zero-order valence-corrected chi connectivity index (χ0v) is 14.1. The van der Waals surface area contributed by atoms with E-state index in [-0.39, 0.29) is 6.04 Å². The minimum Gasteiger partial charge on any atom is -0.372 e. The van der Waals surface area contributed by atoms with Crippen molar-refractivity contribution in [2.24, 2.45) is 5.73 Å². The van der Waals surface area contributed by atoms with Crippen LogP contribution in [0, 0.1) is 0 Å². The smallest absolute Gasteiger partial charge is 0.0508 e. The maximum absolute atomic E-state index is 6.00. The van der Waals surface area contributed by atoms with E-state index in [9.17, 15) is 0 Å². The Balaban J connectivity index is 2.71. The Labute approximate surface area is 125 Å². The molecule has 1 atom stereocenters. The first kappa shape index (κ1) is 16.5. The van der Waals surface area contributed by atoms with Gasteiger partial charge in [-0.15, -0.1) is 0 Å². The molecular formula is C15H26BrN3. The van der Waals surface area contributed by atoms with Crippen molar-refractivity contribution in [2.45, 2.75) is 25.8 Å². The number of benzene rings is 1. The van der Waals surface area contributed by atoms with Crippen LogP contribution in [-0.4, -0.2) is 45.2 Å². The molecule has 1 unspecified atom stereocenters. The molecule has 108 valence electrons. The summed E-state index contributed by atoms with van der Waals surface area (Å²) in [6, 6.07) is 6.81. The van der Waals surface area contributed by atoms with E-state index in [1.807, 2.05) is 0 Å². The molecule has 0 saturated heterocycles. The Morgan fingerprint density at radius 3 is 2.42 bits per heavy atom. The lowest BCUT2D eigenvalue weighted by atomic mass is 10.0. The fraction of sp³-hybridized carbons (Fsp3) is 0.600. The van der Waals surface area contributed by atoms with Crippen LogP contribution in [0.3, 0.4) is 0 Å². The third-order valence-electron chi connectivity index (χ3n) is 3.33. The van der Waals surface area contributed by atoms with E-state index < -0.39 is 0 Å². The highest BCUT2D eigenvalue weighted by molar-refractivity contribution is 9.10. The van der Waals surface area contributed by atoms with Crippen molar-refractivity contribution in [1.29, 1.82) is 0 Å².